The van der Waals surface area contributed by atoms with E-state index in [-0.39, 0.29) is 0 Å². The second-order valence-electron chi connectivity index (χ2n) is 15.4. The van der Waals surface area contributed by atoms with Gasteiger partial charge >= 0.3 is 0 Å². The van der Waals surface area contributed by atoms with Crippen LogP contribution in [0.15, 0.2) is 194 Å². The van der Waals surface area contributed by atoms with Crippen LogP contribution in [0.1, 0.15) is 5.56 Å². The van der Waals surface area contributed by atoms with Gasteiger partial charge in [0.05, 0.1) is 11.6 Å². The van der Waals surface area contributed by atoms with E-state index in [1.54, 1.807) is 0 Å². The molecule has 4 heteroatoms. The first-order chi connectivity index (χ1) is 29.7. The molecular weight excluding hydrogens is 729 g/mol. The van der Waals surface area contributed by atoms with Gasteiger partial charge in [-0.2, -0.15) is 5.26 Å². The van der Waals surface area contributed by atoms with Crippen LogP contribution in [0.3, 0.4) is 0 Å². The number of rotatable bonds is 5. The molecule has 0 N–H and O–H groups in total. The Bertz CT molecular complexity index is 3520. The summed E-state index contributed by atoms with van der Waals surface area (Å²) in [5.41, 5.74) is 13.1. The lowest BCUT2D eigenvalue weighted by Gasteiger charge is -2.18. The van der Waals surface area contributed by atoms with E-state index in [1.807, 2.05) is 48.5 Å². The topological polar surface area (TPSA) is 62.5 Å². The lowest BCUT2D eigenvalue weighted by Crippen LogP contribution is -2.01. The van der Waals surface area contributed by atoms with Gasteiger partial charge < -0.3 is 0 Å². The maximum atomic E-state index is 9.59. The Balaban J connectivity index is 1.16. The van der Waals surface area contributed by atoms with E-state index in [1.165, 1.54) is 38.6 Å². The number of hydrogen-bond donors (Lipinski definition) is 0. The smallest absolute Gasteiger partial charge is 0.165 e. The molecule has 0 saturated carbocycles. The minimum Gasteiger partial charge on any atom is -0.208 e. The maximum absolute atomic E-state index is 9.59. The summed E-state index contributed by atoms with van der Waals surface area (Å²) in [5, 5.41) is 18.6. The Morgan fingerprint density at radius 2 is 0.850 bits per heavy atom. The van der Waals surface area contributed by atoms with Gasteiger partial charge in [-0.3, -0.25) is 0 Å². The van der Waals surface area contributed by atoms with Gasteiger partial charge in [-0.15, -0.1) is 0 Å². The van der Waals surface area contributed by atoms with Gasteiger partial charge in [0.15, 0.2) is 17.5 Å². The van der Waals surface area contributed by atoms with E-state index in [0.29, 0.717) is 23.0 Å². The summed E-state index contributed by atoms with van der Waals surface area (Å²) < 4.78 is 0. The summed E-state index contributed by atoms with van der Waals surface area (Å²) in [5.74, 6) is 1.90. The fraction of sp³-hybridized carbons (Fsp3) is 0. The second kappa shape index (κ2) is 13.4. The Morgan fingerprint density at radius 1 is 0.317 bits per heavy atom. The van der Waals surface area contributed by atoms with Crippen LogP contribution in [0.25, 0.3) is 122 Å². The van der Waals surface area contributed by atoms with Crippen molar-refractivity contribution >= 4 is 43.1 Å². The van der Waals surface area contributed by atoms with Crippen LogP contribution in [0.4, 0.5) is 0 Å². The number of hydrogen-bond acceptors (Lipinski definition) is 4. The zero-order valence-corrected chi connectivity index (χ0v) is 32.3. The van der Waals surface area contributed by atoms with Gasteiger partial charge in [0, 0.05) is 16.7 Å². The Labute approximate surface area is 346 Å². The van der Waals surface area contributed by atoms with Crippen LogP contribution >= 0.6 is 0 Å². The number of aromatic nitrogens is 3. The predicted molar refractivity (Wildman–Crippen MR) is 246 cm³/mol. The van der Waals surface area contributed by atoms with Gasteiger partial charge in [0.2, 0.25) is 0 Å². The molecule has 1 aromatic heterocycles. The molecule has 0 aliphatic heterocycles. The largest absolute Gasteiger partial charge is 0.208 e. The first kappa shape index (κ1) is 33.8. The quantitative estimate of drug-likeness (QED) is 0.164. The van der Waals surface area contributed by atoms with Gasteiger partial charge in [-0.1, -0.05) is 170 Å². The van der Waals surface area contributed by atoms with Crippen molar-refractivity contribution in [2.75, 3.05) is 0 Å². The molecule has 276 valence electrons. The fourth-order valence-corrected chi connectivity index (χ4v) is 9.33. The van der Waals surface area contributed by atoms with Gasteiger partial charge in [0.1, 0.15) is 0 Å². The van der Waals surface area contributed by atoms with E-state index < -0.39 is 0 Å². The van der Waals surface area contributed by atoms with Crippen LogP contribution in [-0.2, 0) is 0 Å². The van der Waals surface area contributed by atoms with Crippen LogP contribution in [0.2, 0.25) is 0 Å². The molecule has 0 bridgehead atoms. The molecule has 0 amide bonds. The van der Waals surface area contributed by atoms with Crippen molar-refractivity contribution in [3.8, 4) is 84.7 Å². The second-order valence-corrected chi connectivity index (χ2v) is 15.4. The molecule has 0 radical (unpaired) electrons. The third-order valence-corrected chi connectivity index (χ3v) is 12.1. The first-order valence-electron chi connectivity index (χ1n) is 20.2. The summed E-state index contributed by atoms with van der Waals surface area (Å²) in [6.07, 6.45) is 0. The molecule has 0 atom stereocenters. The van der Waals surface area contributed by atoms with Gasteiger partial charge in [0.25, 0.3) is 0 Å². The summed E-state index contributed by atoms with van der Waals surface area (Å²) >= 11 is 0. The summed E-state index contributed by atoms with van der Waals surface area (Å²) in [7, 11) is 0. The summed E-state index contributed by atoms with van der Waals surface area (Å²) in [6, 6.07) is 70.7. The molecule has 1 aliphatic carbocycles. The van der Waals surface area contributed by atoms with Crippen LogP contribution in [0.5, 0.6) is 0 Å². The van der Waals surface area contributed by atoms with Gasteiger partial charge in [-0.05, 0) is 112 Å². The molecule has 0 unspecified atom stereocenters. The molecule has 4 nitrogen and oxygen atoms in total. The minimum absolute atomic E-state index is 0.632. The molecule has 11 aromatic rings. The van der Waals surface area contributed by atoms with Crippen molar-refractivity contribution in [2.45, 2.75) is 0 Å². The minimum atomic E-state index is 0.632. The highest BCUT2D eigenvalue weighted by molar-refractivity contribution is 6.25. The Kier molecular flexibility index (Phi) is 7.57. The zero-order valence-electron chi connectivity index (χ0n) is 32.3. The number of nitriles is 1. The van der Waals surface area contributed by atoms with E-state index in [9.17, 15) is 5.26 Å². The number of nitrogens with zero attached hydrogens (tertiary/aromatic N) is 4. The van der Waals surface area contributed by atoms with Crippen molar-refractivity contribution < 1.29 is 0 Å². The van der Waals surface area contributed by atoms with Gasteiger partial charge in [-0.25, -0.2) is 15.0 Å². The zero-order chi connectivity index (χ0) is 39.7. The van der Waals surface area contributed by atoms with E-state index in [0.717, 1.165) is 65.7 Å². The molecule has 12 rings (SSSR count). The monoisotopic (exact) mass is 760 g/mol. The van der Waals surface area contributed by atoms with Crippen molar-refractivity contribution in [3.05, 3.63) is 200 Å². The average molecular weight is 761 g/mol. The Hall–Kier alpha value is -8.26. The molecule has 0 spiro atoms. The standard InChI is InChI=1S/C56H32N4/c57-33-34-22-23-38-31-40(25-24-37(38)30-34)42-26-27-47-43-18-9-10-19-44(43)48-28-29-49(51(42)52(47)48)45-20-11-21-46-50(45)32-39-16-7-8-17-41(39)53(46)56-59-54(35-12-3-1-4-13-35)58-55(60-56)36-14-5-2-6-15-36/h1-32H. The third-order valence-electron chi connectivity index (χ3n) is 12.1. The highest BCUT2D eigenvalue weighted by Crippen LogP contribution is 2.53. The van der Waals surface area contributed by atoms with E-state index in [2.05, 4.69) is 152 Å². The maximum Gasteiger partial charge on any atom is 0.165 e. The van der Waals surface area contributed by atoms with E-state index >= 15 is 0 Å². The van der Waals surface area contributed by atoms with Crippen LogP contribution in [0, 0.1) is 11.3 Å². The highest BCUT2D eigenvalue weighted by atomic mass is 15.0. The Morgan fingerprint density at radius 3 is 1.55 bits per heavy atom. The molecule has 1 heterocycles. The summed E-state index contributed by atoms with van der Waals surface area (Å²) in [6.45, 7) is 0. The molecule has 60 heavy (non-hydrogen) atoms. The van der Waals surface area contributed by atoms with Crippen molar-refractivity contribution in [1.82, 2.24) is 15.0 Å². The first-order valence-corrected chi connectivity index (χ1v) is 20.2. The molecule has 10 aromatic carbocycles. The van der Waals surface area contributed by atoms with Crippen molar-refractivity contribution in [2.24, 2.45) is 0 Å². The van der Waals surface area contributed by atoms with Crippen LogP contribution in [-0.4, -0.2) is 15.0 Å². The molecule has 0 fully saturated rings. The van der Waals surface area contributed by atoms with Crippen molar-refractivity contribution in [3.63, 3.8) is 0 Å². The molecular formula is C56H32N4. The molecule has 0 saturated heterocycles. The predicted octanol–water partition coefficient (Wildman–Crippen LogP) is 14.3. The lowest BCUT2D eigenvalue weighted by molar-refractivity contribution is 1.08. The molecule has 1 aliphatic rings. The third kappa shape index (κ3) is 5.27. The number of benzene rings is 10. The SMILES string of the molecule is N#Cc1ccc2cc(-c3ccc4c5c(ccc(-c6cccc7c(-c8nc(-c9ccccc9)nc(-c9ccccc9)n8)c8ccccc8cc67)c35)-c3ccccc3-4)ccc2c1. The highest BCUT2D eigenvalue weighted by Gasteiger charge is 2.26. The normalized spacial score (nSPS) is 11.7. The number of fused-ring (bicyclic) bond motifs is 6. The van der Waals surface area contributed by atoms with Crippen molar-refractivity contribution in [1.29, 1.82) is 5.26 Å². The van der Waals surface area contributed by atoms with E-state index in [4.69, 9.17) is 15.0 Å². The lowest BCUT2D eigenvalue weighted by atomic mass is 9.85. The average Bonchev–Trinajstić information content (AvgIpc) is 3.65. The van der Waals surface area contributed by atoms with Crippen LogP contribution < -0.4 is 0 Å². The summed E-state index contributed by atoms with van der Waals surface area (Å²) in [4.78, 5) is 15.5. The fourth-order valence-electron chi connectivity index (χ4n) is 9.33.